The van der Waals surface area contributed by atoms with E-state index in [-0.39, 0.29) is 12.8 Å². The minimum Gasteiger partial charge on any atom is -0.481 e. The van der Waals surface area contributed by atoms with Crippen molar-refractivity contribution < 1.29 is 19.8 Å². The number of carbonyl (C=O) groups is 2. The largest absolute Gasteiger partial charge is 0.481 e. The van der Waals surface area contributed by atoms with Gasteiger partial charge in [-0.15, -0.1) is 0 Å². The van der Waals surface area contributed by atoms with Gasteiger partial charge < -0.3 is 10.2 Å². The van der Waals surface area contributed by atoms with E-state index in [0.717, 1.165) is 11.1 Å². The van der Waals surface area contributed by atoms with Gasteiger partial charge in [-0.2, -0.15) is 0 Å². The van der Waals surface area contributed by atoms with Crippen molar-refractivity contribution in [2.75, 3.05) is 0 Å². The molecular weight excluding hydrogens is 292 g/mol. The van der Waals surface area contributed by atoms with Crippen LogP contribution >= 0.6 is 0 Å². The molecule has 2 rings (SSSR count). The van der Waals surface area contributed by atoms with Crippen LogP contribution in [0.2, 0.25) is 0 Å². The molecule has 0 amide bonds. The Bertz CT molecular complexity index is 590. The van der Waals surface area contributed by atoms with Crippen molar-refractivity contribution >= 4 is 11.9 Å². The van der Waals surface area contributed by atoms with Crippen molar-refractivity contribution in [1.82, 2.24) is 0 Å². The lowest BCUT2D eigenvalue weighted by molar-refractivity contribution is -0.143. The molecule has 0 unspecified atom stereocenters. The van der Waals surface area contributed by atoms with Gasteiger partial charge in [0.1, 0.15) is 0 Å². The van der Waals surface area contributed by atoms with E-state index in [4.69, 9.17) is 0 Å². The summed E-state index contributed by atoms with van der Waals surface area (Å²) >= 11 is 0. The topological polar surface area (TPSA) is 74.6 Å². The zero-order chi connectivity index (χ0) is 16.7. The number of carboxylic acid groups (broad SMARTS) is 2. The van der Waals surface area contributed by atoms with Gasteiger partial charge in [0.2, 0.25) is 0 Å². The molecule has 4 heteroatoms. The molecule has 0 atom stereocenters. The van der Waals surface area contributed by atoms with Gasteiger partial charge in [0.25, 0.3) is 0 Å². The first-order valence-corrected chi connectivity index (χ1v) is 7.51. The SMILES string of the molecule is O=C(O)CC(CC(=O)O)(Cc1ccccc1)Cc1ccccc1. The predicted molar refractivity (Wildman–Crippen MR) is 87.2 cm³/mol. The van der Waals surface area contributed by atoms with E-state index in [0.29, 0.717) is 12.8 Å². The molecule has 0 aliphatic carbocycles. The van der Waals surface area contributed by atoms with Crippen molar-refractivity contribution in [3.63, 3.8) is 0 Å². The third-order valence-electron chi connectivity index (χ3n) is 3.90. The number of rotatable bonds is 8. The number of aliphatic carboxylic acids is 2. The molecule has 0 spiro atoms. The lowest BCUT2D eigenvalue weighted by Crippen LogP contribution is -2.32. The molecule has 0 aliphatic heterocycles. The van der Waals surface area contributed by atoms with Crippen LogP contribution in [0, 0.1) is 5.41 Å². The third kappa shape index (κ3) is 5.25. The van der Waals surface area contributed by atoms with Crippen LogP contribution in [0.4, 0.5) is 0 Å². The Labute approximate surface area is 135 Å². The molecule has 0 bridgehead atoms. The van der Waals surface area contributed by atoms with Gasteiger partial charge in [0.15, 0.2) is 0 Å². The van der Waals surface area contributed by atoms with Gasteiger partial charge in [0, 0.05) is 0 Å². The smallest absolute Gasteiger partial charge is 0.303 e. The summed E-state index contributed by atoms with van der Waals surface area (Å²) in [5.74, 6) is -1.95. The molecule has 2 aromatic carbocycles. The normalized spacial score (nSPS) is 11.1. The second kappa shape index (κ2) is 7.58. The Morgan fingerprint density at radius 1 is 0.696 bits per heavy atom. The van der Waals surface area contributed by atoms with Crippen LogP contribution < -0.4 is 0 Å². The van der Waals surface area contributed by atoms with Crippen LogP contribution in [-0.4, -0.2) is 22.2 Å². The van der Waals surface area contributed by atoms with Crippen molar-refractivity contribution in [2.24, 2.45) is 5.41 Å². The fourth-order valence-electron chi connectivity index (χ4n) is 3.07. The lowest BCUT2D eigenvalue weighted by atomic mass is 9.71. The molecule has 23 heavy (non-hydrogen) atoms. The Balaban J connectivity index is 2.36. The zero-order valence-corrected chi connectivity index (χ0v) is 12.8. The molecule has 0 radical (unpaired) electrons. The molecule has 0 heterocycles. The summed E-state index contributed by atoms with van der Waals surface area (Å²) in [6, 6.07) is 18.9. The maximum absolute atomic E-state index is 11.4. The monoisotopic (exact) mass is 312 g/mol. The summed E-state index contributed by atoms with van der Waals surface area (Å²) in [7, 11) is 0. The second-order valence-corrected chi connectivity index (χ2v) is 5.97. The van der Waals surface area contributed by atoms with E-state index in [9.17, 15) is 19.8 Å². The van der Waals surface area contributed by atoms with E-state index in [1.165, 1.54) is 0 Å². The molecule has 4 nitrogen and oxygen atoms in total. The van der Waals surface area contributed by atoms with Gasteiger partial charge in [-0.3, -0.25) is 9.59 Å². The fraction of sp³-hybridized carbons (Fsp3) is 0.263. The standard InChI is InChI=1S/C19H20O4/c20-17(21)13-19(14-18(22)23,11-15-7-3-1-4-8-15)12-16-9-5-2-6-10-16/h1-10H,11-14H2,(H,20,21)(H,22,23). The molecule has 0 aromatic heterocycles. The number of hydrogen-bond acceptors (Lipinski definition) is 2. The highest BCUT2D eigenvalue weighted by Crippen LogP contribution is 2.35. The van der Waals surface area contributed by atoms with Crippen molar-refractivity contribution in [2.45, 2.75) is 25.7 Å². The minimum atomic E-state index is -0.974. The highest BCUT2D eigenvalue weighted by Gasteiger charge is 2.35. The fourth-order valence-corrected chi connectivity index (χ4v) is 3.07. The first kappa shape index (κ1) is 16.7. The Hall–Kier alpha value is -2.62. The zero-order valence-electron chi connectivity index (χ0n) is 12.8. The maximum atomic E-state index is 11.4. The average molecular weight is 312 g/mol. The molecule has 2 aromatic rings. The first-order valence-electron chi connectivity index (χ1n) is 7.51. The summed E-state index contributed by atoms with van der Waals surface area (Å²) in [5.41, 5.74) is 1.05. The molecule has 0 fully saturated rings. The highest BCUT2D eigenvalue weighted by atomic mass is 16.4. The van der Waals surface area contributed by atoms with E-state index in [1.54, 1.807) is 0 Å². The second-order valence-electron chi connectivity index (χ2n) is 5.97. The van der Waals surface area contributed by atoms with Crippen molar-refractivity contribution in [3.8, 4) is 0 Å². The quantitative estimate of drug-likeness (QED) is 0.783. The molecular formula is C19H20O4. The molecule has 0 saturated heterocycles. The van der Waals surface area contributed by atoms with Crippen LogP contribution in [0.15, 0.2) is 60.7 Å². The summed E-state index contributed by atoms with van der Waals surface area (Å²) in [6.07, 6.45) is 0.481. The highest BCUT2D eigenvalue weighted by molar-refractivity contribution is 5.72. The van der Waals surface area contributed by atoms with Crippen LogP contribution in [0.1, 0.15) is 24.0 Å². The van der Waals surface area contributed by atoms with Crippen LogP contribution in [0.3, 0.4) is 0 Å². The Kier molecular flexibility index (Phi) is 5.52. The van der Waals surface area contributed by atoms with Gasteiger partial charge in [-0.25, -0.2) is 0 Å². The third-order valence-corrected chi connectivity index (χ3v) is 3.90. The summed E-state index contributed by atoms with van der Waals surface area (Å²) in [6.45, 7) is 0. The molecule has 2 N–H and O–H groups in total. The lowest BCUT2D eigenvalue weighted by Gasteiger charge is -2.31. The molecule has 0 aliphatic rings. The van der Waals surface area contributed by atoms with E-state index < -0.39 is 17.4 Å². The van der Waals surface area contributed by atoms with Gasteiger partial charge in [-0.05, 0) is 29.4 Å². The Morgan fingerprint density at radius 3 is 1.35 bits per heavy atom. The predicted octanol–water partition coefficient (Wildman–Crippen LogP) is 3.41. The minimum absolute atomic E-state index is 0.177. The number of hydrogen-bond donors (Lipinski definition) is 2. The van der Waals surface area contributed by atoms with Gasteiger partial charge in [0.05, 0.1) is 12.8 Å². The van der Waals surface area contributed by atoms with Crippen molar-refractivity contribution in [3.05, 3.63) is 71.8 Å². The number of carboxylic acids is 2. The number of benzene rings is 2. The Morgan fingerprint density at radius 2 is 1.04 bits per heavy atom. The van der Waals surface area contributed by atoms with Gasteiger partial charge in [-0.1, -0.05) is 60.7 Å². The average Bonchev–Trinajstić information content (AvgIpc) is 2.47. The van der Waals surface area contributed by atoms with E-state index in [1.807, 2.05) is 60.7 Å². The van der Waals surface area contributed by atoms with E-state index >= 15 is 0 Å². The van der Waals surface area contributed by atoms with Gasteiger partial charge >= 0.3 is 11.9 Å². The molecule has 0 saturated carbocycles. The molecule has 120 valence electrons. The van der Waals surface area contributed by atoms with Crippen LogP contribution in [0.25, 0.3) is 0 Å². The van der Waals surface area contributed by atoms with Crippen LogP contribution in [-0.2, 0) is 22.4 Å². The van der Waals surface area contributed by atoms with Crippen LogP contribution in [0.5, 0.6) is 0 Å². The first-order chi connectivity index (χ1) is 11.0. The van der Waals surface area contributed by atoms with E-state index in [2.05, 4.69) is 0 Å². The summed E-state index contributed by atoms with van der Waals surface area (Å²) < 4.78 is 0. The summed E-state index contributed by atoms with van der Waals surface area (Å²) in [5, 5.41) is 18.7. The summed E-state index contributed by atoms with van der Waals surface area (Å²) in [4.78, 5) is 22.8. The maximum Gasteiger partial charge on any atom is 0.303 e. The van der Waals surface area contributed by atoms with Crippen molar-refractivity contribution in [1.29, 1.82) is 0 Å².